The van der Waals surface area contributed by atoms with Crippen molar-refractivity contribution in [3.8, 4) is 0 Å². The molecule has 0 saturated heterocycles. The molecule has 3 nitrogen and oxygen atoms in total. The number of hydrogen-bond acceptors (Lipinski definition) is 2. The number of nitrogens with zero attached hydrogens (tertiary/aromatic N) is 2. The number of rotatable bonds is 3. The topological polar surface area (TPSA) is 34.9 Å². The van der Waals surface area contributed by atoms with Crippen molar-refractivity contribution in [2.45, 2.75) is 26.8 Å². The lowest BCUT2D eigenvalue weighted by Crippen LogP contribution is -2.07. The van der Waals surface area contributed by atoms with Crippen LogP contribution in [-0.2, 0) is 6.54 Å². The van der Waals surface area contributed by atoms with Crippen LogP contribution in [0.3, 0.4) is 0 Å². The summed E-state index contributed by atoms with van der Waals surface area (Å²) < 4.78 is 14.9. The number of fused-ring (bicyclic) bond motifs is 1. The van der Waals surface area contributed by atoms with Crippen LogP contribution in [0.15, 0.2) is 18.2 Å². The molecule has 4 heteroatoms. The van der Waals surface area contributed by atoms with E-state index < -0.39 is 0 Å². The molecule has 84 valence electrons. The van der Waals surface area contributed by atoms with Gasteiger partial charge < -0.3 is 4.57 Å². The van der Waals surface area contributed by atoms with E-state index in [0.717, 1.165) is 18.5 Å². The molecule has 0 N–H and O–H groups in total. The Morgan fingerprint density at radius 3 is 2.88 bits per heavy atom. The Kier molecular flexibility index (Phi) is 2.73. The van der Waals surface area contributed by atoms with Gasteiger partial charge in [-0.2, -0.15) is 0 Å². The van der Waals surface area contributed by atoms with E-state index >= 15 is 0 Å². The van der Waals surface area contributed by atoms with Gasteiger partial charge in [0.1, 0.15) is 5.82 Å². The molecular formula is C12H13FN2O. The molecule has 1 heterocycles. The zero-order valence-corrected chi connectivity index (χ0v) is 9.33. The fraction of sp³-hybridized carbons (Fsp3) is 0.333. The first-order chi connectivity index (χ1) is 7.63. The van der Waals surface area contributed by atoms with E-state index in [9.17, 15) is 9.18 Å². The molecule has 0 unspecified atom stereocenters. The van der Waals surface area contributed by atoms with Crippen LogP contribution in [0.1, 0.15) is 30.9 Å². The van der Waals surface area contributed by atoms with Gasteiger partial charge in [0.15, 0.2) is 11.6 Å². The first kappa shape index (κ1) is 10.8. The largest absolute Gasteiger partial charge is 0.322 e. The molecule has 2 aromatic rings. The molecule has 1 aromatic carbocycles. The van der Waals surface area contributed by atoms with Crippen molar-refractivity contribution < 1.29 is 9.18 Å². The molecular weight excluding hydrogens is 207 g/mol. The normalized spacial score (nSPS) is 10.9. The molecule has 0 aliphatic rings. The molecule has 2 rings (SSSR count). The lowest BCUT2D eigenvalue weighted by atomic mass is 10.3. The number of imidazole rings is 1. The summed E-state index contributed by atoms with van der Waals surface area (Å²) in [6, 6.07) is 4.41. The van der Waals surface area contributed by atoms with Gasteiger partial charge in [0, 0.05) is 19.5 Å². The summed E-state index contributed by atoms with van der Waals surface area (Å²) in [6.45, 7) is 4.22. The highest BCUT2D eigenvalue weighted by atomic mass is 19.1. The van der Waals surface area contributed by atoms with Crippen LogP contribution in [0.4, 0.5) is 4.39 Å². The predicted octanol–water partition coefficient (Wildman–Crippen LogP) is 2.79. The van der Waals surface area contributed by atoms with Crippen molar-refractivity contribution in [2.75, 3.05) is 0 Å². The summed E-state index contributed by atoms with van der Waals surface area (Å²) in [4.78, 5) is 15.6. The number of aryl methyl sites for hydroxylation is 1. The third-order valence-corrected chi connectivity index (χ3v) is 2.47. The maximum Gasteiger partial charge on any atom is 0.195 e. The summed E-state index contributed by atoms with van der Waals surface area (Å²) >= 11 is 0. The number of Topliss-reactive ketones (excluding diaryl/α,β-unsaturated/α-hetero) is 1. The first-order valence-corrected chi connectivity index (χ1v) is 5.30. The highest BCUT2D eigenvalue weighted by molar-refractivity contribution is 5.94. The van der Waals surface area contributed by atoms with Gasteiger partial charge in [-0.1, -0.05) is 6.92 Å². The average Bonchev–Trinajstić information content (AvgIpc) is 2.57. The molecule has 0 atom stereocenters. The van der Waals surface area contributed by atoms with Gasteiger partial charge >= 0.3 is 0 Å². The van der Waals surface area contributed by atoms with Crippen LogP contribution in [0.2, 0.25) is 0 Å². The number of aromatic nitrogens is 2. The predicted molar refractivity (Wildman–Crippen MR) is 60.0 cm³/mol. The van der Waals surface area contributed by atoms with Crippen molar-refractivity contribution in [3.63, 3.8) is 0 Å². The van der Waals surface area contributed by atoms with E-state index in [-0.39, 0.29) is 11.6 Å². The molecule has 0 saturated carbocycles. The van der Waals surface area contributed by atoms with Gasteiger partial charge in [-0.15, -0.1) is 0 Å². The number of carbonyl (C=O) groups is 1. The Bertz CT molecular complexity index is 545. The minimum absolute atomic E-state index is 0.0925. The second-order valence-corrected chi connectivity index (χ2v) is 3.78. The van der Waals surface area contributed by atoms with Crippen molar-refractivity contribution in [3.05, 3.63) is 29.8 Å². The van der Waals surface area contributed by atoms with Crippen molar-refractivity contribution >= 4 is 16.8 Å². The van der Waals surface area contributed by atoms with E-state index in [1.165, 1.54) is 19.1 Å². The minimum Gasteiger partial charge on any atom is -0.322 e. The van der Waals surface area contributed by atoms with Crippen molar-refractivity contribution in [1.29, 1.82) is 0 Å². The Labute approximate surface area is 92.9 Å². The fourth-order valence-corrected chi connectivity index (χ4v) is 1.82. The monoisotopic (exact) mass is 220 g/mol. The number of halogens is 1. The van der Waals surface area contributed by atoms with Gasteiger partial charge in [0.25, 0.3) is 0 Å². The number of hydrogen-bond donors (Lipinski definition) is 0. The van der Waals surface area contributed by atoms with E-state index in [1.807, 2.05) is 11.5 Å². The van der Waals surface area contributed by atoms with E-state index in [2.05, 4.69) is 4.98 Å². The Morgan fingerprint density at radius 2 is 2.25 bits per heavy atom. The van der Waals surface area contributed by atoms with Crippen molar-refractivity contribution in [1.82, 2.24) is 9.55 Å². The quantitative estimate of drug-likeness (QED) is 0.745. The fourth-order valence-electron chi connectivity index (χ4n) is 1.82. The van der Waals surface area contributed by atoms with Gasteiger partial charge in [-0.25, -0.2) is 9.37 Å². The average molecular weight is 220 g/mol. The Morgan fingerprint density at radius 1 is 1.50 bits per heavy atom. The smallest absolute Gasteiger partial charge is 0.195 e. The molecule has 0 fully saturated rings. The van der Waals surface area contributed by atoms with Crippen LogP contribution < -0.4 is 0 Å². The second-order valence-electron chi connectivity index (χ2n) is 3.78. The third kappa shape index (κ3) is 1.71. The zero-order valence-electron chi connectivity index (χ0n) is 9.33. The molecule has 0 aliphatic heterocycles. The van der Waals surface area contributed by atoms with Crippen LogP contribution >= 0.6 is 0 Å². The molecule has 16 heavy (non-hydrogen) atoms. The van der Waals surface area contributed by atoms with E-state index in [1.54, 1.807) is 6.07 Å². The number of ketones is 1. The Hall–Kier alpha value is -1.71. The van der Waals surface area contributed by atoms with Gasteiger partial charge in [0.05, 0.1) is 11.0 Å². The van der Waals surface area contributed by atoms with Gasteiger partial charge in [0.2, 0.25) is 0 Å². The van der Waals surface area contributed by atoms with E-state index in [0.29, 0.717) is 11.3 Å². The number of carbonyl (C=O) groups excluding carboxylic acids is 1. The summed E-state index contributed by atoms with van der Waals surface area (Å²) in [5.74, 6) is -0.0174. The summed E-state index contributed by atoms with van der Waals surface area (Å²) in [6.07, 6.45) is 0.906. The highest BCUT2D eigenvalue weighted by Gasteiger charge is 2.13. The maximum absolute atomic E-state index is 13.0. The van der Waals surface area contributed by atoms with E-state index in [4.69, 9.17) is 0 Å². The molecule has 0 bridgehead atoms. The summed E-state index contributed by atoms with van der Waals surface area (Å²) in [5.41, 5.74) is 1.35. The van der Waals surface area contributed by atoms with Crippen LogP contribution in [0, 0.1) is 5.82 Å². The SMILES string of the molecule is CCCn1c(C(C)=O)nc2cc(F)ccc21. The van der Waals surface area contributed by atoms with Crippen LogP contribution in [-0.4, -0.2) is 15.3 Å². The second kappa shape index (κ2) is 4.04. The first-order valence-electron chi connectivity index (χ1n) is 5.30. The standard InChI is InChI=1S/C12H13FN2O/c1-3-6-15-11-5-4-9(13)7-10(11)14-12(15)8(2)16/h4-5,7H,3,6H2,1-2H3. The van der Waals surface area contributed by atoms with Gasteiger partial charge in [-0.05, 0) is 18.6 Å². The molecule has 0 amide bonds. The highest BCUT2D eigenvalue weighted by Crippen LogP contribution is 2.18. The summed E-state index contributed by atoms with van der Waals surface area (Å²) in [7, 11) is 0. The molecule has 1 aromatic heterocycles. The maximum atomic E-state index is 13.0. The summed E-state index contributed by atoms with van der Waals surface area (Å²) in [5, 5.41) is 0. The lowest BCUT2D eigenvalue weighted by Gasteiger charge is -2.04. The van der Waals surface area contributed by atoms with Gasteiger partial charge in [-0.3, -0.25) is 4.79 Å². The van der Waals surface area contributed by atoms with Crippen LogP contribution in [0.5, 0.6) is 0 Å². The van der Waals surface area contributed by atoms with Crippen molar-refractivity contribution in [2.24, 2.45) is 0 Å². The lowest BCUT2D eigenvalue weighted by molar-refractivity contribution is 0.1000. The Balaban J connectivity index is 2.70. The third-order valence-electron chi connectivity index (χ3n) is 2.47. The molecule has 0 radical (unpaired) electrons. The molecule has 0 aliphatic carbocycles. The zero-order chi connectivity index (χ0) is 11.7. The minimum atomic E-state index is -0.330. The van der Waals surface area contributed by atoms with Crippen LogP contribution in [0.25, 0.3) is 11.0 Å². The number of benzene rings is 1. The molecule has 0 spiro atoms.